The van der Waals surface area contributed by atoms with Crippen molar-refractivity contribution in [2.24, 2.45) is 0 Å². The maximum absolute atomic E-state index is 12.6. The smallest absolute Gasteiger partial charge is 0.384 e. The van der Waals surface area contributed by atoms with Gasteiger partial charge in [-0.3, -0.25) is 0 Å². The molecule has 0 saturated carbocycles. The summed E-state index contributed by atoms with van der Waals surface area (Å²) >= 11 is 5.89. The summed E-state index contributed by atoms with van der Waals surface area (Å²) in [4.78, 5) is 3.83. The molecule has 0 unspecified atom stereocenters. The van der Waals surface area contributed by atoms with Crippen LogP contribution >= 0.6 is 11.6 Å². The Balaban J connectivity index is 2.53. The lowest BCUT2D eigenvalue weighted by molar-refractivity contribution is -0.137. The molecule has 1 aromatic heterocycles. The Morgan fingerprint density at radius 2 is 1.83 bits per heavy atom. The van der Waals surface area contributed by atoms with Crippen molar-refractivity contribution in [3.8, 4) is 11.1 Å². The number of alkyl halides is 3. The molecule has 0 atom stereocenters. The van der Waals surface area contributed by atoms with E-state index in [-0.39, 0.29) is 10.6 Å². The second-order valence-electron chi connectivity index (χ2n) is 3.66. The highest BCUT2D eigenvalue weighted by molar-refractivity contribution is 6.33. The molecule has 2 aromatic rings. The Morgan fingerprint density at radius 3 is 2.39 bits per heavy atom. The van der Waals surface area contributed by atoms with E-state index in [1.54, 1.807) is 6.07 Å². The molecule has 2 rings (SSSR count). The molecule has 94 valence electrons. The Bertz CT molecular complexity index is 565. The number of anilines is 1. The van der Waals surface area contributed by atoms with Crippen LogP contribution in [0.3, 0.4) is 0 Å². The number of nitrogen functional groups attached to an aromatic ring is 1. The van der Waals surface area contributed by atoms with Gasteiger partial charge in [-0.2, -0.15) is 13.2 Å². The van der Waals surface area contributed by atoms with Crippen LogP contribution in [0, 0.1) is 0 Å². The number of hydrogen-bond acceptors (Lipinski definition) is 2. The SMILES string of the molecule is Nc1ccc(-c2cc(C(F)(F)F)ccc2Cl)cn1. The molecule has 0 saturated heterocycles. The van der Waals surface area contributed by atoms with Crippen molar-refractivity contribution >= 4 is 17.4 Å². The average molecular weight is 273 g/mol. The summed E-state index contributed by atoms with van der Waals surface area (Å²) in [6.45, 7) is 0. The number of nitrogens with zero attached hydrogens (tertiary/aromatic N) is 1. The Hall–Kier alpha value is -1.75. The molecule has 1 heterocycles. The number of benzene rings is 1. The summed E-state index contributed by atoms with van der Waals surface area (Å²) in [5, 5.41) is 0.231. The van der Waals surface area contributed by atoms with Crippen LogP contribution in [0.4, 0.5) is 19.0 Å². The quantitative estimate of drug-likeness (QED) is 0.852. The second kappa shape index (κ2) is 4.49. The van der Waals surface area contributed by atoms with Crippen molar-refractivity contribution in [1.82, 2.24) is 4.98 Å². The van der Waals surface area contributed by atoms with Gasteiger partial charge in [0.15, 0.2) is 0 Å². The standard InChI is InChI=1S/C12H8ClF3N2/c13-10-3-2-8(12(14,15)16)5-9(10)7-1-4-11(17)18-6-7/h1-6H,(H2,17,18). The zero-order valence-electron chi connectivity index (χ0n) is 9.00. The molecule has 2 N–H and O–H groups in total. The van der Waals surface area contributed by atoms with E-state index in [2.05, 4.69) is 4.98 Å². The van der Waals surface area contributed by atoms with E-state index in [9.17, 15) is 13.2 Å². The van der Waals surface area contributed by atoms with E-state index in [0.29, 0.717) is 11.4 Å². The van der Waals surface area contributed by atoms with Gasteiger partial charge in [0.05, 0.1) is 5.56 Å². The van der Waals surface area contributed by atoms with Gasteiger partial charge >= 0.3 is 6.18 Å². The predicted molar refractivity (Wildman–Crippen MR) is 64.1 cm³/mol. The van der Waals surface area contributed by atoms with Crippen molar-refractivity contribution in [2.75, 3.05) is 5.73 Å². The van der Waals surface area contributed by atoms with Gasteiger partial charge in [-0.15, -0.1) is 0 Å². The zero-order chi connectivity index (χ0) is 13.3. The maximum atomic E-state index is 12.6. The van der Waals surface area contributed by atoms with E-state index in [4.69, 9.17) is 17.3 Å². The van der Waals surface area contributed by atoms with Gasteiger partial charge in [-0.1, -0.05) is 11.6 Å². The van der Waals surface area contributed by atoms with Gasteiger partial charge < -0.3 is 5.73 Å². The normalized spacial score (nSPS) is 11.6. The molecule has 0 aliphatic carbocycles. The number of aromatic nitrogens is 1. The van der Waals surface area contributed by atoms with Crippen molar-refractivity contribution in [2.45, 2.75) is 6.18 Å². The van der Waals surface area contributed by atoms with Crippen molar-refractivity contribution in [3.63, 3.8) is 0 Å². The summed E-state index contributed by atoms with van der Waals surface area (Å²) in [7, 11) is 0. The van der Waals surface area contributed by atoms with Crippen LogP contribution in [-0.4, -0.2) is 4.98 Å². The van der Waals surface area contributed by atoms with E-state index < -0.39 is 11.7 Å². The molecule has 0 aliphatic rings. The van der Waals surface area contributed by atoms with Gasteiger partial charge in [0.1, 0.15) is 5.82 Å². The topological polar surface area (TPSA) is 38.9 Å². The Morgan fingerprint density at radius 1 is 1.11 bits per heavy atom. The zero-order valence-corrected chi connectivity index (χ0v) is 9.76. The van der Waals surface area contributed by atoms with Gasteiger partial charge in [-0.25, -0.2) is 4.98 Å². The molecule has 0 aliphatic heterocycles. The monoisotopic (exact) mass is 272 g/mol. The van der Waals surface area contributed by atoms with Gasteiger partial charge in [0, 0.05) is 22.3 Å². The lowest BCUT2D eigenvalue weighted by Gasteiger charge is -2.10. The third-order valence-electron chi connectivity index (χ3n) is 2.39. The lowest BCUT2D eigenvalue weighted by atomic mass is 10.0. The first-order valence-corrected chi connectivity index (χ1v) is 5.34. The molecule has 6 heteroatoms. The van der Waals surface area contributed by atoms with Crippen LogP contribution in [0.15, 0.2) is 36.5 Å². The molecule has 2 nitrogen and oxygen atoms in total. The Labute approximate surface area is 106 Å². The molecule has 0 amide bonds. The maximum Gasteiger partial charge on any atom is 0.416 e. The molecule has 0 radical (unpaired) electrons. The highest BCUT2D eigenvalue weighted by Gasteiger charge is 2.31. The summed E-state index contributed by atoms with van der Waals surface area (Å²) < 4.78 is 37.8. The summed E-state index contributed by atoms with van der Waals surface area (Å²) in [6, 6.07) is 6.23. The molecule has 18 heavy (non-hydrogen) atoms. The molecule has 0 fully saturated rings. The van der Waals surface area contributed by atoms with Gasteiger partial charge in [-0.05, 0) is 30.3 Å². The van der Waals surface area contributed by atoms with Crippen molar-refractivity contribution in [3.05, 3.63) is 47.1 Å². The minimum absolute atomic E-state index is 0.231. The summed E-state index contributed by atoms with van der Waals surface area (Å²) in [5.41, 5.74) is 5.43. The third kappa shape index (κ3) is 2.56. The minimum Gasteiger partial charge on any atom is -0.384 e. The van der Waals surface area contributed by atoms with Crippen molar-refractivity contribution < 1.29 is 13.2 Å². The predicted octanol–water partition coefficient (Wildman–Crippen LogP) is 4.00. The van der Waals surface area contributed by atoms with E-state index in [1.165, 1.54) is 18.3 Å². The van der Waals surface area contributed by atoms with Crippen LogP contribution in [0.25, 0.3) is 11.1 Å². The first kappa shape index (κ1) is 12.7. The number of rotatable bonds is 1. The highest BCUT2D eigenvalue weighted by atomic mass is 35.5. The fraction of sp³-hybridized carbons (Fsp3) is 0.0833. The van der Waals surface area contributed by atoms with Crippen LogP contribution < -0.4 is 5.73 Å². The first-order chi connectivity index (χ1) is 8.38. The highest BCUT2D eigenvalue weighted by Crippen LogP contribution is 2.35. The number of nitrogens with two attached hydrogens (primary N) is 1. The molecule has 0 spiro atoms. The third-order valence-corrected chi connectivity index (χ3v) is 2.72. The molecule has 1 aromatic carbocycles. The minimum atomic E-state index is -4.40. The van der Waals surface area contributed by atoms with Crippen LogP contribution in [0.1, 0.15) is 5.56 Å². The first-order valence-electron chi connectivity index (χ1n) is 4.96. The number of halogens is 4. The van der Waals surface area contributed by atoms with Gasteiger partial charge in [0.25, 0.3) is 0 Å². The van der Waals surface area contributed by atoms with Crippen molar-refractivity contribution in [1.29, 1.82) is 0 Å². The fourth-order valence-electron chi connectivity index (χ4n) is 1.49. The average Bonchev–Trinajstić information content (AvgIpc) is 2.29. The lowest BCUT2D eigenvalue weighted by Crippen LogP contribution is -2.04. The second-order valence-corrected chi connectivity index (χ2v) is 4.07. The molecular formula is C12H8ClF3N2. The van der Waals surface area contributed by atoms with E-state index in [1.807, 2.05) is 0 Å². The van der Waals surface area contributed by atoms with Gasteiger partial charge in [0.2, 0.25) is 0 Å². The summed E-state index contributed by atoms with van der Waals surface area (Å²) in [6.07, 6.45) is -3.02. The summed E-state index contributed by atoms with van der Waals surface area (Å²) in [5.74, 6) is 0.293. The molecule has 0 bridgehead atoms. The Kier molecular flexibility index (Phi) is 3.17. The number of hydrogen-bond donors (Lipinski definition) is 1. The van der Waals surface area contributed by atoms with Crippen LogP contribution in [0.5, 0.6) is 0 Å². The number of pyridine rings is 1. The van der Waals surface area contributed by atoms with Crippen LogP contribution in [-0.2, 0) is 6.18 Å². The fourth-order valence-corrected chi connectivity index (χ4v) is 1.71. The largest absolute Gasteiger partial charge is 0.416 e. The molecular weight excluding hydrogens is 265 g/mol. The van der Waals surface area contributed by atoms with E-state index in [0.717, 1.165) is 12.1 Å². The van der Waals surface area contributed by atoms with E-state index >= 15 is 0 Å². The van der Waals surface area contributed by atoms with Crippen LogP contribution in [0.2, 0.25) is 5.02 Å².